The molecule has 0 unspecified atom stereocenters. The Morgan fingerprint density at radius 1 is 0.880 bits per heavy atom. The zero-order chi connectivity index (χ0) is 19.7. The van der Waals surface area contributed by atoms with Gasteiger partial charge in [-0.1, -0.05) is 0 Å². The summed E-state index contributed by atoms with van der Waals surface area (Å²) in [6.07, 6.45) is -10.2. The third-order valence-electron chi connectivity index (χ3n) is 2.60. The summed E-state index contributed by atoms with van der Waals surface area (Å²) < 4.78 is 76.8. The van der Waals surface area contributed by atoms with E-state index in [4.69, 9.17) is 0 Å². The highest BCUT2D eigenvalue weighted by molar-refractivity contribution is 5.82. The van der Waals surface area contributed by atoms with E-state index >= 15 is 0 Å². The van der Waals surface area contributed by atoms with E-state index < -0.39 is 49.8 Å². The molecule has 146 valence electrons. The summed E-state index contributed by atoms with van der Waals surface area (Å²) in [7, 11) is 0. The molecule has 0 radical (unpaired) electrons. The first kappa shape index (κ1) is 22.9. The molecule has 0 bridgehead atoms. The van der Waals surface area contributed by atoms with Crippen molar-refractivity contribution in [1.82, 2.24) is 15.5 Å². The highest BCUT2D eigenvalue weighted by atomic mass is 19.4. The monoisotopic (exact) mass is 381 g/mol. The van der Waals surface area contributed by atoms with Crippen molar-refractivity contribution in [3.05, 3.63) is 0 Å². The molecular weight excluding hydrogens is 364 g/mol. The molecule has 0 aromatic carbocycles. The van der Waals surface area contributed by atoms with Gasteiger partial charge in [-0.05, 0) is 6.92 Å². The van der Waals surface area contributed by atoms with Crippen LogP contribution in [0.2, 0.25) is 0 Å². The van der Waals surface area contributed by atoms with Crippen LogP contribution in [0.3, 0.4) is 0 Å². The summed E-state index contributed by atoms with van der Waals surface area (Å²) in [6.45, 7) is -0.462. The SMILES string of the molecule is CCOC(=O)CN(CCNC(=O)C(F)(F)F)CCNC(=O)C(F)(F)F. The number of alkyl halides is 6. The van der Waals surface area contributed by atoms with Crippen LogP contribution >= 0.6 is 0 Å². The number of carbonyl (C=O) groups excluding carboxylic acids is 3. The molecular formula is C12H17F6N3O4. The number of hydrogen-bond acceptors (Lipinski definition) is 5. The summed E-state index contributed by atoms with van der Waals surface area (Å²) >= 11 is 0. The van der Waals surface area contributed by atoms with Crippen LogP contribution in [0.25, 0.3) is 0 Å². The van der Waals surface area contributed by atoms with Gasteiger partial charge in [0.25, 0.3) is 0 Å². The fourth-order valence-corrected chi connectivity index (χ4v) is 1.51. The molecule has 0 aliphatic heterocycles. The molecule has 0 heterocycles. The van der Waals surface area contributed by atoms with Crippen molar-refractivity contribution in [2.45, 2.75) is 19.3 Å². The van der Waals surface area contributed by atoms with Crippen LogP contribution < -0.4 is 10.6 Å². The van der Waals surface area contributed by atoms with Crippen LogP contribution in [-0.2, 0) is 19.1 Å². The van der Waals surface area contributed by atoms with Gasteiger partial charge < -0.3 is 15.4 Å². The molecule has 2 amide bonds. The second kappa shape index (κ2) is 10.1. The third kappa shape index (κ3) is 10.4. The van der Waals surface area contributed by atoms with E-state index in [9.17, 15) is 40.7 Å². The van der Waals surface area contributed by atoms with Crippen molar-refractivity contribution in [3.8, 4) is 0 Å². The summed E-state index contributed by atoms with van der Waals surface area (Å²) in [6, 6.07) is 0. The molecule has 0 aliphatic rings. The zero-order valence-electron chi connectivity index (χ0n) is 13.1. The minimum Gasteiger partial charge on any atom is -0.465 e. The molecule has 0 aromatic rings. The van der Waals surface area contributed by atoms with Gasteiger partial charge in [0.15, 0.2) is 0 Å². The predicted molar refractivity (Wildman–Crippen MR) is 71.2 cm³/mol. The van der Waals surface area contributed by atoms with Gasteiger partial charge in [0.1, 0.15) is 0 Å². The van der Waals surface area contributed by atoms with Crippen molar-refractivity contribution < 1.29 is 45.5 Å². The maximum absolute atomic E-state index is 12.0. The van der Waals surface area contributed by atoms with E-state index in [-0.39, 0.29) is 19.7 Å². The Labute approximate surface area is 138 Å². The lowest BCUT2D eigenvalue weighted by Crippen LogP contribution is -2.46. The number of nitrogens with zero attached hydrogens (tertiary/aromatic N) is 1. The van der Waals surface area contributed by atoms with Crippen LogP contribution in [0.15, 0.2) is 0 Å². The Morgan fingerprint density at radius 2 is 1.28 bits per heavy atom. The average molecular weight is 381 g/mol. The zero-order valence-corrected chi connectivity index (χ0v) is 13.1. The third-order valence-corrected chi connectivity index (χ3v) is 2.60. The number of rotatable bonds is 9. The average Bonchev–Trinajstić information content (AvgIpc) is 2.44. The van der Waals surface area contributed by atoms with Gasteiger partial charge in [-0.15, -0.1) is 0 Å². The number of hydrogen-bond donors (Lipinski definition) is 2. The Kier molecular flexibility index (Phi) is 9.23. The molecule has 0 atom stereocenters. The molecule has 0 aliphatic carbocycles. The first-order chi connectivity index (χ1) is 11.4. The van der Waals surface area contributed by atoms with Crippen molar-refractivity contribution in [1.29, 1.82) is 0 Å². The van der Waals surface area contributed by atoms with E-state index in [1.807, 2.05) is 0 Å². The van der Waals surface area contributed by atoms with Gasteiger partial charge in [0.2, 0.25) is 0 Å². The fourth-order valence-electron chi connectivity index (χ4n) is 1.51. The number of halogens is 6. The smallest absolute Gasteiger partial charge is 0.465 e. The second-order valence-electron chi connectivity index (χ2n) is 4.59. The molecule has 0 aromatic heterocycles. The number of ether oxygens (including phenoxy) is 1. The highest BCUT2D eigenvalue weighted by Crippen LogP contribution is 2.14. The normalized spacial score (nSPS) is 12.0. The Balaban J connectivity index is 4.48. The summed E-state index contributed by atoms with van der Waals surface area (Å²) in [4.78, 5) is 33.8. The van der Waals surface area contributed by atoms with E-state index in [1.165, 1.54) is 6.92 Å². The van der Waals surface area contributed by atoms with Gasteiger partial charge in [-0.2, -0.15) is 26.3 Å². The Morgan fingerprint density at radius 3 is 1.60 bits per heavy atom. The molecule has 0 saturated heterocycles. The Hall–Kier alpha value is -2.05. The highest BCUT2D eigenvalue weighted by Gasteiger charge is 2.39. The molecule has 2 N–H and O–H groups in total. The van der Waals surface area contributed by atoms with Gasteiger partial charge in [0, 0.05) is 26.2 Å². The quantitative estimate of drug-likeness (QED) is 0.440. The minimum absolute atomic E-state index is 0.0301. The largest absolute Gasteiger partial charge is 0.471 e. The first-order valence-electron chi connectivity index (χ1n) is 6.96. The van der Waals surface area contributed by atoms with Crippen molar-refractivity contribution >= 4 is 17.8 Å². The molecule has 0 saturated carbocycles. The lowest BCUT2D eigenvalue weighted by atomic mass is 10.4. The van der Waals surface area contributed by atoms with E-state index in [0.29, 0.717) is 0 Å². The Bertz CT molecular complexity index is 435. The van der Waals surface area contributed by atoms with Crippen LogP contribution in [0.5, 0.6) is 0 Å². The molecule has 0 spiro atoms. The fraction of sp³-hybridized carbons (Fsp3) is 0.750. The van der Waals surface area contributed by atoms with Crippen molar-refractivity contribution in [2.24, 2.45) is 0 Å². The van der Waals surface area contributed by atoms with Gasteiger partial charge in [-0.25, -0.2) is 0 Å². The molecule has 13 heteroatoms. The van der Waals surface area contributed by atoms with Crippen molar-refractivity contribution in [2.75, 3.05) is 39.3 Å². The topological polar surface area (TPSA) is 87.7 Å². The van der Waals surface area contributed by atoms with Crippen molar-refractivity contribution in [3.63, 3.8) is 0 Å². The summed E-state index contributed by atoms with van der Waals surface area (Å²) in [5.74, 6) is -5.13. The van der Waals surface area contributed by atoms with Gasteiger partial charge in [0.05, 0.1) is 13.2 Å². The van der Waals surface area contributed by atoms with E-state index in [0.717, 1.165) is 4.90 Å². The number of carbonyl (C=O) groups is 3. The minimum atomic E-state index is -5.08. The molecule has 25 heavy (non-hydrogen) atoms. The number of amides is 2. The number of nitrogens with one attached hydrogen (secondary N) is 2. The van der Waals surface area contributed by atoms with Crippen LogP contribution in [0.1, 0.15) is 6.92 Å². The molecule has 0 fully saturated rings. The maximum Gasteiger partial charge on any atom is 0.471 e. The predicted octanol–water partition coefficient (Wildman–Crippen LogP) is 0.209. The second-order valence-corrected chi connectivity index (χ2v) is 4.59. The molecule has 0 rings (SSSR count). The lowest BCUT2D eigenvalue weighted by molar-refractivity contribution is -0.173. The molecule has 7 nitrogen and oxygen atoms in total. The van der Waals surface area contributed by atoms with Gasteiger partial charge in [-0.3, -0.25) is 19.3 Å². The number of esters is 1. The van der Waals surface area contributed by atoms with Crippen LogP contribution in [0.4, 0.5) is 26.3 Å². The maximum atomic E-state index is 12.0. The standard InChI is InChI=1S/C12H17F6N3O4/c1-2-25-8(22)7-21(5-3-19-9(23)11(13,14)15)6-4-20-10(24)12(16,17)18/h2-7H2,1H3,(H,19,23)(H,20,24). The van der Waals surface area contributed by atoms with Crippen LogP contribution in [0, 0.1) is 0 Å². The lowest BCUT2D eigenvalue weighted by Gasteiger charge is -2.22. The van der Waals surface area contributed by atoms with Crippen LogP contribution in [-0.4, -0.2) is 74.4 Å². The van der Waals surface area contributed by atoms with Gasteiger partial charge >= 0.3 is 30.1 Å². The summed E-state index contributed by atoms with van der Waals surface area (Å²) in [5, 5.41) is 3.11. The van der Waals surface area contributed by atoms with E-state index in [2.05, 4.69) is 4.74 Å². The summed E-state index contributed by atoms with van der Waals surface area (Å²) in [5.41, 5.74) is 0. The van der Waals surface area contributed by atoms with E-state index in [1.54, 1.807) is 10.6 Å². The first-order valence-corrected chi connectivity index (χ1v) is 6.96.